The second-order valence-electron chi connectivity index (χ2n) is 8.12. The summed E-state index contributed by atoms with van der Waals surface area (Å²) >= 11 is 12.0. The molecule has 0 spiro atoms. The zero-order valence-electron chi connectivity index (χ0n) is 18.0. The number of alkyl halides is 3. The molecule has 1 heterocycles. The van der Waals surface area contributed by atoms with E-state index in [4.69, 9.17) is 27.9 Å². The minimum atomic E-state index is -4.46. The molecule has 2 aromatic carbocycles. The first-order valence-electron chi connectivity index (χ1n) is 10.8. The average Bonchev–Trinajstić information content (AvgIpc) is 3.54. The Hall–Kier alpha value is -2.71. The molecule has 0 aliphatic heterocycles. The molecular weight excluding hydrogens is 490 g/mol. The van der Waals surface area contributed by atoms with Crippen LogP contribution in [0.2, 0.25) is 10.0 Å². The van der Waals surface area contributed by atoms with Crippen LogP contribution in [0.15, 0.2) is 48.5 Å². The van der Waals surface area contributed by atoms with E-state index >= 15 is 0 Å². The van der Waals surface area contributed by atoms with Crippen LogP contribution in [0.1, 0.15) is 52.5 Å². The quantitative estimate of drug-likeness (QED) is 0.334. The number of halogens is 5. The van der Waals surface area contributed by atoms with Crippen molar-refractivity contribution in [2.24, 2.45) is 0 Å². The zero-order chi connectivity index (χ0) is 24.3. The highest BCUT2D eigenvalue weighted by Crippen LogP contribution is 2.42. The molecule has 0 radical (unpaired) electrons. The lowest BCUT2D eigenvalue weighted by Crippen LogP contribution is -2.25. The molecule has 180 valence electrons. The van der Waals surface area contributed by atoms with Gasteiger partial charge in [0.05, 0.1) is 5.02 Å². The summed E-state index contributed by atoms with van der Waals surface area (Å²) in [5.74, 6) is 0.356. The van der Waals surface area contributed by atoms with Crippen LogP contribution in [-0.4, -0.2) is 22.2 Å². The van der Waals surface area contributed by atoms with Crippen LogP contribution in [0, 0.1) is 0 Å². The van der Waals surface area contributed by atoms with E-state index in [-0.39, 0.29) is 18.4 Å². The number of benzene rings is 2. The number of ether oxygens (including phenoxy) is 1. The van der Waals surface area contributed by atoms with E-state index in [0.717, 1.165) is 24.5 Å². The predicted molar refractivity (Wildman–Crippen MR) is 123 cm³/mol. The molecule has 1 N–H and O–H groups in total. The number of aromatic nitrogens is 2. The van der Waals surface area contributed by atoms with Gasteiger partial charge in [-0.25, -0.2) is 0 Å². The molecule has 1 aromatic heterocycles. The van der Waals surface area contributed by atoms with Crippen LogP contribution in [0.3, 0.4) is 0 Å². The summed E-state index contributed by atoms with van der Waals surface area (Å²) in [4.78, 5) is 12.5. The molecule has 10 heteroatoms. The van der Waals surface area contributed by atoms with Crippen LogP contribution in [0.4, 0.5) is 13.2 Å². The standard InChI is InChI=1S/C24H22Cl2F3N3O2/c25-18-7-8-21(19(26)12-18)34-14-15-3-1-4-17(11-15)23(33)30-9-2-10-32-20(16-5-6-16)13-22(31-32)24(27,28)29/h1,3-4,7-8,11-13,16H,2,5-6,9-10,14H2,(H,30,33). The molecule has 1 saturated carbocycles. The molecule has 1 aliphatic carbocycles. The third-order valence-corrected chi connectivity index (χ3v) is 5.94. The first-order chi connectivity index (χ1) is 16.2. The number of hydrogen-bond acceptors (Lipinski definition) is 3. The molecule has 34 heavy (non-hydrogen) atoms. The molecular formula is C24H22Cl2F3N3O2. The van der Waals surface area contributed by atoms with Crippen molar-refractivity contribution in [3.8, 4) is 5.75 Å². The fourth-order valence-corrected chi connectivity index (χ4v) is 4.01. The second kappa shape index (κ2) is 10.3. The summed E-state index contributed by atoms with van der Waals surface area (Å²) in [5.41, 5.74) is 0.994. The molecule has 0 saturated heterocycles. The number of rotatable bonds is 9. The van der Waals surface area contributed by atoms with Gasteiger partial charge in [0, 0.05) is 35.3 Å². The van der Waals surface area contributed by atoms with Gasteiger partial charge in [-0.3, -0.25) is 9.48 Å². The van der Waals surface area contributed by atoms with Gasteiger partial charge in [-0.1, -0.05) is 35.3 Å². The SMILES string of the molecule is O=C(NCCCn1nc(C(F)(F)F)cc1C1CC1)c1cccc(COc2ccc(Cl)cc2Cl)c1. The van der Waals surface area contributed by atoms with Crippen LogP contribution in [0.25, 0.3) is 0 Å². The van der Waals surface area contributed by atoms with E-state index in [1.54, 1.807) is 36.4 Å². The zero-order valence-corrected chi connectivity index (χ0v) is 19.6. The first kappa shape index (κ1) is 24.4. The Morgan fingerprint density at radius 3 is 2.65 bits per heavy atom. The Morgan fingerprint density at radius 1 is 1.15 bits per heavy atom. The number of carbonyl (C=O) groups excluding carboxylic acids is 1. The van der Waals surface area contributed by atoms with Gasteiger partial charge < -0.3 is 10.1 Å². The smallest absolute Gasteiger partial charge is 0.435 e. The summed E-state index contributed by atoms with van der Waals surface area (Å²) < 4.78 is 46.2. The van der Waals surface area contributed by atoms with Gasteiger partial charge in [0.15, 0.2) is 5.69 Å². The summed E-state index contributed by atoms with van der Waals surface area (Å²) in [6.07, 6.45) is -2.24. The predicted octanol–water partition coefficient (Wildman–Crippen LogP) is 6.49. The number of hydrogen-bond donors (Lipinski definition) is 1. The van der Waals surface area contributed by atoms with E-state index in [9.17, 15) is 18.0 Å². The second-order valence-corrected chi connectivity index (χ2v) is 8.97. The van der Waals surface area contributed by atoms with Crippen LogP contribution < -0.4 is 10.1 Å². The Balaban J connectivity index is 1.29. The lowest BCUT2D eigenvalue weighted by molar-refractivity contribution is -0.141. The average molecular weight is 512 g/mol. The number of nitrogens with zero attached hydrogens (tertiary/aromatic N) is 2. The van der Waals surface area contributed by atoms with Gasteiger partial charge in [0.1, 0.15) is 12.4 Å². The van der Waals surface area contributed by atoms with Crippen LogP contribution >= 0.6 is 23.2 Å². The van der Waals surface area contributed by atoms with Crippen molar-refractivity contribution >= 4 is 29.1 Å². The fraction of sp³-hybridized carbons (Fsp3) is 0.333. The van der Waals surface area contributed by atoms with Gasteiger partial charge in [0.2, 0.25) is 0 Å². The van der Waals surface area contributed by atoms with Crippen molar-refractivity contribution in [1.82, 2.24) is 15.1 Å². The third-order valence-electron chi connectivity index (χ3n) is 5.41. The summed E-state index contributed by atoms with van der Waals surface area (Å²) in [7, 11) is 0. The van der Waals surface area contributed by atoms with Gasteiger partial charge in [-0.2, -0.15) is 18.3 Å². The third kappa shape index (κ3) is 6.24. The maximum absolute atomic E-state index is 13.0. The molecule has 1 aliphatic rings. The van der Waals surface area contributed by atoms with Crippen molar-refractivity contribution in [1.29, 1.82) is 0 Å². The Labute approximate surface area is 204 Å². The van der Waals surface area contributed by atoms with E-state index in [0.29, 0.717) is 46.6 Å². The molecule has 5 nitrogen and oxygen atoms in total. The number of carbonyl (C=O) groups is 1. The van der Waals surface area contributed by atoms with Crippen LogP contribution in [-0.2, 0) is 19.3 Å². The molecule has 4 rings (SSSR count). The Bertz CT molecular complexity index is 1180. The molecule has 0 atom stereocenters. The van der Waals surface area contributed by atoms with E-state index in [2.05, 4.69) is 10.4 Å². The lowest BCUT2D eigenvalue weighted by atomic mass is 10.1. The van der Waals surface area contributed by atoms with Crippen molar-refractivity contribution in [3.05, 3.63) is 81.1 Å². The maximum atomic E-state index is 13.0. The highest BCUT2D eigenvalue weighted by molar-refractivity contribution is 6.35. The monoisotopic (exact) mass is 511 g/mol. The summed E-state index contributed by atoms with van der Waals surface area (Å²) in [6.45, 7) is 0.830. The van der Waals surface area contributed by atoms with Crippen molar-refractivity contribution in [2.75, 3.05) is 6.54 Å². The highest BCUT2D eigenvalue weighted by Gasteiger charge is 2.37. The van der Waals surface area contributed by atoms with Crippen molar-refractivity contribution < 1.29 is 22.7 Å². The molecule has 1 amide bonds. The topological polar surface area (TPSA) is 56.2 Å². The summed E-state index contributed by atoms with van der Waals surface area (Å²) in [5, 5.41) is 7.44. The first-order valence-corrected chi connectivity index (χ1v) is 11.6. The van der Waals surface area contributed by atoms with Gasteiger partial charge in [0.25, 0.3) is 5.91 Å². The molecule has 3 aromatic rings. The van der Waals surface area contributed by atoms with Crippen LogP contribution in [0.5, 0.6) is 5.75 Å². The van der Waals surface area contributed by atoms with E-state index in [1.165, 1.54) is 4.68 Å². The summed E-state index contributed by atoms with van der Waals surface area (Å²) in [6, 6.07) is 13.1. The Kier molecular flexibility index (Phi) is 7.38. The minimum absolute atomic E-state index is 0.144. The van der Waals surface area contributed by atoms with Gasteiger partial charge >= 0.3 is 6.18 Å². The molecule has 0 bridgehead atoms. The minimum Gasteiger partial charge on any atom is -0.487 e. The normalized spacial score (nSPS) is 13.7. The largest absolute Gasteiger partial charge is 0.487 e. The fourth-order valence-electron chi connectivity index (χ4n) is 3.55. The molecule has 0 unspecified atom stereocenters. The number of amides is 1. The lowest BCUT2D eigenvalue weighted by Gasteiger charge is -2.10. The van der Waals surface area contributed by atoms with Gasteiger partial charge in [-0.05, 0) is 61.2 Å². The molecule has 1 fully saturated rings. The van der Waals surface area contributed by atoms with E-state index in [1.807, 2.05) is 6.07 Å². The Morgan fingerprint density at radius 2 is 1.94 bits per heavy atom. The number of aryl methyl sites for hydroxylation is 1. The van der Waals surface area contributed by atoms with Gasteiger partial charge in [-0.15, -0.1) is 0 Å². The van der Waals surface area contributed by atoms with Crippen molar-refractivity contribution in [2.45, 2.75) is 44.5 Å². The van der Waals surface area contributed by atoms with E-state index < -0.39 is 11.9 Å². The number of nitrogens with one attached hydrogen (secondary N) is 1. The van der Waals surface area contributed by atoms with Crippen molar-refractivity contribution in [3.63, 3.8) is 0 Å². The highest BCUT2D eigenvalue weighted by atomic mass is 35.5. The maximum Gasteiger partial charge on any atom is 0.435 e.